The molecule has 1 rings (SSSR count). The van der Waals surface area contributed by atoms with E-state index >= 15 is 0 Å². The molecule has 0 saturated carbocycles. The molecule has 0 fully saturated rings. The molecular weight excluding hydrogens is 176 g/mol. The Balaban J connectivity index is 2.30. The van der Waals surface area contributed by atoms with Gasteiger partial charge in [0.1, 0.15) is 12.4 Å². The highest BCUT2D eigenvalue weighted by Crippen LogP contribution is 1.91. The summed E-state index contributed by atoms with van der Waals surface area (Å²) in [6, 6.07) is 0. The van der Waals surface area contributed by atoms with E-state index in [-0.39, 0.29) is 0 Å². The van der Waals surface area contributed by atoms with Gasteiger partial charge < -0.3 is 4.74 Å². The van der Waals surface area contributed by atoms with E-state index < -0.39 is 0 Å². The van der Waals surface area contributed by atoms with E-state index in [4.69, 9.17) is 4.74 Å². The van der Waals surface area contributed by atoms with Gasteiger partial charge in [-0.25, -0.2) is 9.55 Å². The highest BCUT2D eigenvalue weighted by Gasteiger charge is 2.08. The van der Waals surface area contributed by atoms with Crippen molar-refractivity contribution >= 4 is 0 Å². The average Bonchev–Trinajstić information content (AvgIpc) is 2.61. The molecule has 1 aromatic heterocycles. The SMILES string of the molecule is CCCOCCc1[nH]cc[n+]1CCC. The van der Waals surface area contributed by atoms with Crippen LogP contribution in [0.4, 0.5) is 0 Å². The Morgan fingerprint density at radius 3 is 2.86 bits per heavy atom. The van der Waals surface area contributed by atoms with Crippen LogP contribution in [0.5, 0.6) is 0 Å². The number of rotatable bonds is 7. The fraction of sp³-hybridized carbons (Fsp3) is 0.727. The van der Waals surface area contributed by atoms with Crippen molar-refractivity contribution in [1.82, 2.24) is 4.98 Å². The Bertz CT molecular complexity index is 245. The summed E-state index contributed by atoms with van der Waals surface area (Å²) in [5.74, 6) is 1.27. The molecule has 0 aromatic carbocycles. The van der Waals surface area contributed by atoms with Gasteiger partial charge in [0.2, 0.25) is 0 Å². The zero-order valence-electron chi connectivity index (χ0n) is 9.25. The molecule has 0 aliphatic heterocycles. The van der Waals surface area contributed by atoms with Gasteiger partial charge >= 0.3 is 0 Å². The lowest BCUT2D eigenvalue weighted by molar-refractivity contribution is -0.703. The van der Waals surface area contributed by atoms with E-state index in [1.165, 1.54) is 12.2 Å². The molecule has 0 aliphatic carbocycles. The molecule has 1 N–H and O–H groups in total. The fourth-order valence-electron chi connectivity index (χ4n) is 1.48. The maximum absolute atomic E-state index is 5.46. The van der Waals surface area contributed by atoms with E-state index in [0.717, 1.165) is 32.6 Å². The third kappa shape index (κ3) is 3.50. The van der Waals surface area contributed by atoms with Crippen molar-refractivity contribution in [2.75, 3.05) is 13.2 Å². The van der Waals surface area contributed by atoms with E-state index in [0.29, 0.717) is 0 Å². The average molecular weight is 197 g/mol. The summed E-state index contributed by atoms with van der Waals surface area (Å²) in [5.41, 5.74) is 0. The first-order valence-corrected chi connectivity index (χ1v) is 5.52. The third-order valence-electron chi connectivity index (χ3n) is 2.15. The van der Waals surface area contributed by atoms with Gasteiger partial charge in [0.15, 0.2) is 0 Å². The van der Waals surface area contributed by atoms with Crippen LogP contribution >= 0.6 is 0 Å². The lowest BCUT2D eigenvalue weighted by Gasteiger charge is -2.00. The molecule has 1 heterocycles. The van der Waals surface area contributed by atoms with Crippen molar-refractivity contribution in [1.29, 1.82) is 0 Å². The number of hydrogen-bond acceptors (Lipinski definition) is 1. The second kappa shape index (κ2) is 6.60. The third-order valence-corrected chi connectivity index (χ3v) is 2.15. The van der Waals surface area contributed by atoms with E-state index in [2.05, 4.69) is 29.6 Å². The maximum atomic E-state index is 5.46. The number of aromatic nitrogens is 2. The molecule has 0 bridgehead atoms. The standard InChI is InChI=1S/C11H20N2O/c1-3-7-13-8-6-12-11(13)5-10-14-9-4-2/h6,8H,3-5,7,9-10H2,1-2H3/p+1. The van der Waals surface area contributed by atoms with E-state index in [1.807, 2.05) is 6.20 Å². The van der Waals surface area contributed by atoms with Gasteiger partial charge in [-0.2, -0.15) is 0 Å². The van der Waals surface area contributed by atoms with Gasteiger partial charge in [-0.3, -0.25) is 0 Å². The van der Waals surface area contributed by atoms with Gasteiger partial charge in [0.05, 0.1) is 19.6 Å². The largest absolute Gasteiger partial charge is 0.381 e. The topological polar surface area (TPSA) is 28.9 Å². The highest BCUT2D eigenvalue weighted by atomic mass is 16.5. The Labute approximate surface area is 86.1 Å². The molecular formula is C11H21N2O+. The van der Waals surface area contributed by atoms with Crippen molar-refractivity contribution in [2.24, 2.45) is 0 Å². The van der Waals surface area contributed by atoms with Gasteiger partial charge in [-0.15, -0.1) is 0 Å². The number of aromatic amines is 1. The molecule has 0 spiro atoms. The predicted octanol–water partition coefficient (Wildman–Crippen LogP) is 1.68. The van der Waals surface area contributed by atoms with E-state index in [1.54, 1.807) is 0 Å². The molecule has 3 heteroatoms. The van der Waals surface area contributed by atoms with Crippen LogP contribution in [0.25, 0.3) is 0 Å². The van der Waals surface area contributed by atoms with Gasteiger partial charge in [-0.05, 0) is 12.8 Å². The minimum Gasteiger partial charge on any atom is -0.381 e. The summed E-state index contributed by atoms with van der Waals surface area (Å²) in [6.45, 7) is 7.10. The van der Waals surface area contributed by atoms with Crippen LogP contribution in [-0.2, 0) is 17.7 Å². The number of imidazole rings is 1. The first kappa shape index (κ1) is 11.2. The zero-order valence-corrected chi connectivity index (χ0v) is 9.25. The lowest BCUT2D eigenvalue weighted by atomic mass is 10.4. The van der Waals surface area contributed by atoms with Crippen molar-refractivity contribution in [3.05, 3.63) is 18.2 Å². The number of ether oxygens (including phenoxy) is 1. The number of hydrogen-bond donors (Lipinski definition) is 1. The summed E-state index contributed by atoms with van der Waals surface area (Å²) in [7, 11) is 0. The first-order valence-electron chi connectivity index (χ1n) is 5.52. The minimum absolute atomic E-state index is 0.818. The molecule has 0 saturated heterocycles. The van der Waals surface area contributed by atoms with Crippen LogP contribution in [0.15, 0.2) is 12.4 Å². The monoisotopic (exact) mass is 197 g/mol. The summed E-state index contributed by atoms with van der Waals surface area (Å²) >= 11 is 0. The molecule has 0 aliphatic rings. The molecule has 0 radical (unpaired) electrons. The van der Waals surface area contributed by atoms with Gasteiger partial charge in [-0.1, -0.05) is 13.8 Å². The Kier molecular flexibility index (Phi) is 5.30. The van der Waals surface area contributed by atoms with Crippen molar-refractivity contribution in [2.45, 2.75) is 39.7 Å². The van der Waals surface area contributed by atoms with Crippen LogP contribution in [0.2, 0.25) is 0 Å². The highest BCUT2D eigenvalue weighted by molar-refractivity contribution is 4.77. The van der Waals surface area contributed by atoms with Crippen LogP contribution < -0.4 is 4.57 Å². The summed E-state index contributed by atoms with van der Waals surface area (Å²) in [6.07, 6.45) is 7.33. The Hall–Kier alpha value is -0.830. The molecule has 14 heavy (non-hydrogen) atoms. The predicted molar refractivity (Wildman–Crippen MR) is 56.1 cm³/mol. The Morgan fingerprint density at radius 1 is 1.29 bits per heavy atom. The maximum Gasteiger partial charge on any atom is 0.256 e. The van der Waals surface area contributed by atoms with Crippen molar-refractivity contribution < 1.29 is 9.30 Å². The van der Waals surface area contributed by atoms with Crippen molar-refractivity contribution in [3.63, 3.8) is 0 Å². The second-order valence-corrected chi connectivity index (χ2v) is 3.46. The summed E-state index contributed by atoms with van der Waals surface area (Å²) in [5, 5.41) is 0. The van der Waals surface area contributed by atoms with Gasteiger partial charge in [0, 0.05) is 6.61 Å². The molecule has 3 nitrogen and oxygen atoms in total. The second-order valence-electron chi connectivity index (χ2n) is 3.46. The van der Waals surface area contributed by atoms with Crippen LogP contribution in [0.3, 0.4) is 0 Å². The quantitative estimate of drug-likeness (QED) is 0.523. The van der Waals surface area contributed by atoms with Crippen LogP contribution in [0.1, 0.15) is 32.5 Å². The molecule has 1 aromatic rings. The number of nitrogens with one attached hydrogen (secondary N) is 1. The summed E-state index contributed by atoms with van der Waals surface area (Å²) < 4.78 is 7.72. The fourth-order valence-corrected chi connectivity index (χ4v) is 1.48. The van der Waals surface area contributed by atoms with Crippen LogP contribution in [-0.4, -0.2) is 18.2 Å². The molecule has 80 valence electrons. The van der Waals surface area contributed by atoms with E-state index in [9.17, 15) is 0 Å². The van der Waals surface area contributed by atoms with Crippen LogP contribution in [0, 0.1) is 0 Å². The Morgan fingerprint density at radius 2 is 2.14 bits per heavy atom. The summed E-state index contributed by atoms with van der Waals surface area (Å²) in [4.78, 5) is 3.25. The zero-order chi connectivity index (χ0) is 10.2. The number of nitrogens with zero attached hydrogens (tertiary/aromatic N) is 1. The molecule has 0 atom stereocenters. The molecule has 0 amide bonds. The van der Waals surface area contributed by atoms with Crippen molar-refractivity contribution in [3.8, 4) is 0 Å². The number of aryl methyl sites for hydroxylation is 1. The molecule has 0 unspecified atom stereocenters. The minimum atomic E-state index is 0.818. The smallest absolute Gasteiger partial charge is 0.256 e. The number of H-pyrrole nitrogens is 1. The lowest BCUT2D eigenvalue weighted by Crippen LogP contribution is -2.36. The van der Waals surface area contributed by atoms with Gasteiger partial charge in [0.25, 0.3) is 5.82 Å². The first-order chi connectivity index (χ1) is 6.88. The normalized spacial score (nSPS) is 10.7.